The highest BCUT2D eigenvalue weighted by atomic mass is 79.9. The van der Waals surface area contributed by atoms with Gasteiger partial charge in [-0.05, 0) is 17.7 Å². The number of rotatable bonds is 2. The predicted molar refractivity (Wildman–Crippen MR) is 69.9 cm³/mol. The van der Waals surface area contributed by atoms with Gasteiger partial charge in [-0.3, -0.25) is 4.40 Å². The average molecular weight is 310 g/mol. The van der Waals surface area contributed by atoms with Crippen molar-refractivity contribution in [1.82, 2.24) is 14.6 Å². The van der Waals surface area contributed by atoms with Gasteiger partial charge in [0.25, 0.3) is 0 Å². The van der Waals surface area contributed by atoms with E-state index < -0.39 is 0 Å². The van der Waals surface area contributed by atoms with E-state index in [0.29, 0.717) is 5.82 Å². The number of aromatic nitrogens is 3. The zero-order valence-electron chi connectivity index (χ0n) is 8.67. The molecule has 6 heteroatoms. The van der Waals surface area contributed by atoms with Gasteiger partial charge in [-0.15, -0.1) is 21.5 Å². The van der Waals surface area contributed by atoms with Crippen LogP contribution in [0.3, 0.4) is 0 Å². The molecule has 3 rings (SSSR count). The van der Waals surface area contributed by atoms with Crippen molar-refractivity contribution in [2.75, 3.05) is 0 Å². The van der Waals surface area contributed by atoms with Gasteiger partial charge in [0.1, 0.15) is 6.61 Å². The number of thiazole rings is 1. The Morgan fingerprint density at radius 1 is 1.24 bits per heavy atom. The van der Waals surface area contributed by atoms with Gasteiger partial charge in [-0.2, -0.15) is 0 Å². The number of aliphatic hydroxyl groups is 1. The lowest BCUT2D eigenvalue weighted by Crippen LogP contribution is -1.94. The second-order valence-corrected chi connectivity index (χ2v) is 5.27. The van der Waals surface area contributed by atoms with E-state index in [-0.39, 0.29) is 6.61 Å². The van der Waals surface area contributed by atoms with Crippen molar-refractivity contribution < 1.29 is 5.11 Å². The summed E-state index contributed by atoms with van der Waals surface area (Å²) in [4.78, 5) is 0.798. The van der Waals surface area contributed by atoms with Crippen LogP contribution in [0.1, 0.15) is 5.82 Å². The summed E-state index contributed by atoms with van der Waals surface area (Å²) in [5.41, 5.74) is 2.08. The zero-order chi connectivity index (χ0) is 11.8. The van der Waals surface area contributed by atoms with Crippen LogP contribution in [0.15, 0.2) is 34.1 Å². The SMILES string of the molecule is OCc1nnc2scc(-c3ccc(Br)cc3)n12. The van der Waals surface area contributed by atoms with Crippen LogP contribution in [-0.4, -0.2) is 19.7 Å². The van der Waals surface area contributed by atoms with Gasteiger partial charge >= 0.3 is 0 Å². The van der Waals surface area contributed by atoms with Crippen LogP contribution in [0, 0.1) is 0 Å². The molecule has 0 atom stereocenters. The number of aliphatic hydroxyl groups excluding tert-OH is 1. The maximum Gasteiger partial charge on any atom is 0.216 e. The number of nitrogens with zero attached hydrogens (tertiary/aromatic N) is 3. The first-order valence-corrected chi connectivity index (χ1v) is 6.65. The fourth-order valence-electron chi connectivity index (χ4n) is 1.70. The molecule has 0 unspecified atom stereocenters. The molecule has 2 heterocycles. The molecular formula is C11H8BrN3OS. The van der Waals surface area contributed by atoms with Crippen LogP contribution in [0.25, 0.3) is 16.2 Å². The molecule has 0 aliphatic heterocycles. The van der Waals surface area contributed by atoms with E-state index in [1.807, 2.05) is 34.0 Å². The van der Waals surface area contributed by atoms with Crippen molar-refractivity contribution in [2.24, 2.45) is 0 Å². The molecule has 3 aromatic rings. The quantitative estimate of drug-likeness (QED) is 0.792. The van der Waals surface area contributed by atoms with E-state index in [4.69, 9.17) is 0 Å². The molecule has 0 amide bonds. The number of halogens is 1. The van der Waals surface area contributed by atoms with Gasteiger partial charge in [0.05, 0.1) is 5.69 Å². The van der Waals surface area contributed by atoms with E-state index in [1.165, 1.54) is 11.3 Å². The van der Waals surface area contributed by atoms with Gasteiger partial charge in [-0.25, -0.2) is 0 Å². The summed E-state index contributed by atoms with van der Waals surface area (Å²) in [6.07, 6.45) is 0. The van der Waals surface area contributed by atoms with Crippen LogP contribution in [0.2, 0.25) is 0 Å². The summed E-state index contributed by atoms with van der Waals surface area (Å²) < 4.78 is 2.92. The fourth-order valence-corrected chi connectivity index (χ4v) is 2.82. The summed E-state index contributed by atoms with van der Waals surface area (Å²) in [5, 5.41) is 19.2. The van der Waals surface area contributed by atoms with E-state index >= 15 is 0 Å². The molecule has 0 bridgehead atoms. The molecule has 0 aliphatic carbocycles. The lowest BCUT2D eigenvalue weighted by molar-refractivity contribution is 0.270. The Kier molecular flexibility index (Phi) is 2.70. The highest BCUT2D eigenvalue weighted by Gasteiger charge is 2.12. The number of fused-ring (bicyclic) bond motifs is 1. The van der Waals surface area contributed by atoms with E-state index in [1.54, 1.807) is 0 Å². The van der Waals surface area contributed by atoms with Gasteiger partial charge in [0.2, 0.25) is 4.96 Å². The standard InChI is InChI=1S/C11H8BrN3OS/c12-8-3-1-7(2-4-8)9-6-17-11-14-13-10(5-16)15(9)11/h1-4,6,16H,5H2. The first-order chi connectivity index (χ1) is 8.29. The summed E-state index contributed by atoms with van der Waals surface area (Å²) in [7, 11) is 0. The normalized spacial score (nSPS) is 11.2. The highest BCUT2D eigenvalue weighted by molar-refractivity contribution is 9.10. The molecular weight excluding hydrogens is 302 g/mol. The molecule has 0 fully saturated rings. The Morgan fingerprint density at radius 3 is 2.71 bits per heavy atom. The van der Waals surface area contributed by atoms with Crippen molar-refractivity contribution >= 4 is 32.2 Å². The lowest BCUT2D eigenvalue weighted by Gasteiger charge is -2.01. The molecule has 1 aromatic carbocycles. The third kappa shape index (κ3) is 1.78. The smallest absolute Gasteiger partial charge is 0.216 e. The van der Waals surface area contributed by atoms with Gasteiger partial charge < -0.3 is 5.11 Å². The summed E-state index contributed by atoms with van der Waals surface area (Å²) in [6, 6.07) is 8.02. The summed E-state index contributed by atoms with van der Waals surface area (Å²) >= 11 is 4.93. The van der Waals surface area contributed by atoms with Crippen LogP contribution in [0.5, 0.6) is 0 Å². The third-order valence-electron chi connectivity index (χ3n) is 2.50. The Morgan fingerprint density at radius 2 is 2.00 bits per heavy atom. The zero-order valence-corrected chi connectivity index (χ0v) is 11.1. The Hall–Kier alpha value is -1.24. The Balaban J connectivity index is 2.22. The van der Waals surface area contributed by atoms with E-state index in [0.717, 1.165) is 20.7 Å². The fraction of sp³-hybridized carbons (Fsp3) is 0.0909. The molecule has 0 saturated heterocycles. The Bertz CT molecular complexity index is 659. The first kappa shape index (κ1) is 10.9. The summed E-state index contributed by atoms with van der Waals surface area (Å²) in [5.74, 6) is 0.569. The van der Waals surface area contributed by atoms with Crippen LogP contribution >= 0.6 is 27.3 Å². The second-order valence-electron chi connectivity index (χ2n) is 3.52. The topological polar surface area (TPSA) is 50.4 Å². The highest BCUT2D eigenvalue weighted by Crippen LogP contribution is 2.27. The van der Waals surface area contributed by atoms with Gasteiger partial charge in [0, 0.05) is 9.85 Å². The molecule has 0 saturated carbocycles. The molecule has 0 radical (unpaired) electrons. The van der Waals surface area contributed by atoms with Crippen molar-refractivity contribution in [3.63, 3.8) is 0 Å². The number of hydrogen-bond acceptors (Lipinski definition) is 4. The van der Waals surface area contributed by atoms with Crippen molar-refractivity contribution in [3.8, 4) is 11.3 Å². The van der Waals surface area contributed by atoms with E-state index in [2.05, 4.69) is 26.1 Å². The molecule has 4 nitrogen and oxygen atoms in total. The van der Waals surface area contributed by atoms with Gasteiger partial charge in [-0.1, -0.05) is 28.1 Å². The predicted octanol–water partition coefficient (Wildman–Crippen LogP) is 2.71. The van der Waals surface area contributed by atoms with Gasteiger partial charge in [0.15, 0.2) is 5.82 Å². The molecule has 0 spiro atoms. The minimum absolute atomic E-state index is 0.110. The molecule has 86 valence electrons. The summed E-state index contributed by atoms with van der Waals surface area (Å²) in [6.45, 7) is -0.110. The number of hydrogen-bond donors (Lipinski definition) is 1. The molecule has 17 heavy (non-hydrogen) atoms. The monoisotopic (exact) mass is 309 g/mol. The minimum atomic E-state index is -0.110. The maximum atomic E-state index is 9.23. The first-order valence-electron chi connectivity index (χ1n) is 4.98. The molecule has 2 aromatic heterocycles. The second kappa shape index (κ2) is 4.21. The minimum Gasteiger partial charge on any atom is -0.388 e. The molecule has 1 N–H and O–H groups in total. The number of benzene rings is 1. The third-order valence-corrected chi connectivity index (χ3v) is 3.84. The Labute approximate surface area is 110 Å². The van der Waals surface area contributed by atoms with E-state index in [9.17, 15) is 5.11 Å². The van der Waals surface area contributed by atoms with Crippen LogP contribution in [-0.2, 0) is 6.61 Å². The average Bonchev–Trinajstić information content (AvgIpc) is 2.91. The van der Waals surface area contributed by atoms with Crippen molar-refractivity contribution in [3.05, 3.63) is 39.9 Å². The lowest BCUT2D eigenvalue weighted by atomic mass is 10.2. The van der Waals surface area contributed by atoms with Crippen LogP contribution in [0.4, 0.5) is 0 Å². The largest absolute Gasteiger partial charge is 0.388 e. The van der Waals surface area contributed by atoms with Crippen molar-refractivity contribution in [2.45, 2.75) is 6.61 Å². The van der Waals surface area contributed by atoms with Crippen LogP contribution < -0.4 is 0 Å². The maximum absolute atomic E-state index is 9.23. The van der Waals surface area contributed by atoms with Crippen molar-refractivity contribution in [1.29, 1.82) is 0 Å². The molecule has 0 aliphatic rings.